The fourth-order valence-corrected chi connectivity index (χ4v) is 3.33. The van der Waals surface area contributed by atoms with Gasteiger partial charge in [0.05, 0.1) is 5.54 Å². The topological polar surface area (TPSA) is 70.2 Å². The number of carbonyl (C=O) groups is 1. The minimum absolute atomic E-state index is 0.132. The second-order valence-corrected chi connectivity index (χ2v) is 6.52. The highest BCUT2D eigenvalue weighted by Crippen LogP contribution is 2.20. The molecule has 0 saturated carbocycles. The normalized spacial score (nSPS) is 29.1. The molecular formula is C16H25N5O. The van der Waals surface area contributed by atoms with Crippen molar-refractivity contribution in [2.75, 3.05) is 24.5 Å². The Kier molecular flexibility index (Phi) is 4.57. The Bertz CT molecular complexity index is 501. The van der Waals surface area contributed by atoms with Gasteiger partial charge in [0.15, 0.2) is 0 Å². The van der Waals surface area contributed by atoms with Gasteiger partial charge in [-0.2, -0.15) is 0 Å². The molecule has 2 aliphatic heterocycles. The number of hydrogen-bond acceptors (Lipinski definition) is 5. The number of anilines is 1. The van der Waals surface area contributed by atoms with Crippen LogP contribution in [0.25, 0.3) is 0 Å². The maximum atomic E-state index is 12.6. The number of hydrogen-bond donors (Lipinski definition) is 2. The van der Waals surface area contributed by atoms with Gasteiger partial charge in [0.2, 0.25) is 11.9 Å². The summed E-state index contributed by atoms with van der Waals surface area (Å²) in [5.41, 5.74) is -0.413. The summed E-state index contributed by atoms with van der Waals surface area (Å²) in [6, 6.07) is 1.99. The van der Waals surface area contributed by atoms with Crippen molar-refractivity contribution in [2.45, 2.75) is 50.6 Å². The van der Waals surface area contributed by atoms with Crippen LogP contribution in [0.1, 0.15) is 39.0 Å². The van der Waals surface area contributed by atoms with Crippen molar-refractivity contribution in [2.24, 2.45) is 0 Å². The Balaban J connectivity index is 1.59. The predicted octanol–water partition coefficient (Wildman–Crippen LogP) is 1.09. The molecule has 120 valence electrons. The van der Waals surface area contributed by atoms with Crippen molar-refractivity contribution < 1.29 is 4.79 Å². The van der Waals surface area contributed by atoms with Gasteiger partial charge >= 0.3 is 0 Å². The first-order valence-electron chi connectivity index (χ1n) is 8.25. The van der Waals surface area contributed by atoms with Gasteiger partial charge in [-0.15, -0.1) is 0 Å². The number of rotatable bonds is 3. The average Bonchev–Trinajstić information content (AvgIpc) is 2.56. The van der Waals surface area contributed by atoms with Crippen molar-refractivity contribution in [3.63, 3.8) is 0 Å². The zero-order valence-corrected chi connectivity index (χ0v) is 13.2. The number of nitrogens with one attached hydrogen (secondary N) is 2. The zero-order valence-electron chi connectivity index (χ0n) is 13.2. The molecule has 3 rings (SSSR count). The third-order valence-corrected chi connectivity index (χ3v) is 4.71. The summed E-state index contributed by atoms with van der Waals surface area (Å²) in [5.74, 6) is 0.886. The molecular weight excluding hydrogens is 278 g/mol. The van der Waals surface area contributed by atoms with Crippen molar-refractivity contribution in [3.05, 3.63) is 18.5 Å². The number of piperidine rings is 2. The monoisotopic (exact) mass is 303 g/mol. The van der Waals surface area contributed by atoms with Crippen molar-refractivity contribution in [3.8, 4) is 0 Å². The van der Waals surface area contributed by atoms with Crippen LogP contribution in [-0.2, 0) is 4.79 Å². The smallest absolute Gasteiger partial charge is 0.240 e. The SMILES string of the molecule is CC1(C(=O)NC2CCCN(c3ncccn3)C2)CCCCN1. The molecule has 0 radical (unpaired) electrons. The van der Waals surface area contributed by atoms with E-state index in [1.54, 1.807) is 12.4 Å². The maximum Gasteiger partial charge on any atom is 0.240 e. The minimum atomic E-state index is -0.413. The summed E-state index contributed by atoms with van der Waals surface area (Å²) in [4.78, 5) is 23.4. The summed E-state index contributed by atoms with van der Waals surface area (Å²) in [5, 5.41) is 6.61. The highest BCUT2D eigenvalue weighted by atomic mass is 16.2. The van der Waals surface area contributed by atoms with Crippen molar-refractivity contribution >= 4 is 11.9 Å². The van der Waals surface area contributed by atoms with Crippen molar-refractivity contribution in [1.82, 2.24) is 20.6 Å². The fraction of sp³-hybridized carbons (Fsp3) is 0.688. The molecule has 3 heterocycles. The lowest BCUT2D eigenvalue weighted by Crippen LogP contribution is -2.60. The molecule has 6 heteroatoms. The van der Waals surface area contributed by atoms with Crippen LogP contribution < -0.4 is 15.5 Å². The summed E-state index contributed by atoms with van der Waals surface area (Å²) >= 11 is 0. The van der Waals surface area contributed by atoms with Crippen LogP contribution >= 0.6 is 0 Å². The van der Waals surface area contributed by atoms with E-state index in [0.717, 1.165) is 57.7 Å². The summed E-state index contributed by atoms with van der Waals surface area (Å²) in [6.07, 6.45) is 8.78. The first kappa shape index (κ1) is 15.2. The number of nitrogens with zero attached hydrogens (tertiary/aromatic N) is 3. The van der Waals surface area contributed by atoms with E-state index in [9.17, 15) is 4.79 Å². The molecule has 22 heavy (non-hydrogen) atoms. The summed E-state index contributed by atoms with van der Waals surface area (Å²) in [7, 11) is 0. The van der Waals surface area contributed by atoms with Crippen LogP contribution in [0.15, 0.2) is 18.5 Å². The Labute approximate surface area is 131 Å². The van der Waals surface area contributed by atoms with Crippen molar-refractivity contribution in [1.29, 1.82) is 0 Å². The summed E-state index contributed by atoms with van der Waals surface area (Å²) in [6.45, 7) is 4.68. The average molecular weight is 303 g/mol. The second-order valence-electron chi connectivity index (χ2n) is 6.52. The van der Waals surface area contributed by atoms with Gasteiger partial charge in [0, 0.05) is 31.5 Å². The molecule has 0 aromatic carbocycles. The van der Waals surface area contributed by atoms with Crippen LogP contribution in [0.2, 0.25) is 0 Å². The minimum Gasteiger partial charge on any atom is -0.350 e. The van der Waals surface area contributed by atoms with Crippen LogP contribution in [0, 0.1) is 0 Å². The fourth-order valence-electron chi connectivity index (χ4n) is 3.33. The van der Waals surface area contributed by atoms with Gasteiger partial charge in [0.25, 0.3) is 0 Å². The lowest BCUT2D eigenvalue weighted by Gasteiger charge is -2.38. The van der Waals surface area contributed by atoms with E-state index in [1.807, 2.05) is 13.0 Å². The van der Waals surface area contributed by atoms with E-state index < -0.39 is 5.54 Å². The molecule has 2 fully saturated rings. The lowest BCUT2D eigenvalue weighted by atomic mass is 9.89. The number of aromatic nitrogens is 2. The van der Waals surface area contributed by atoms with Gasteiger partial charge in [-0.25, -0.2) is 9.97 Å². The molecule has 1 aromatic rings. The third kappa shape index (κ3) is 3.38. The van der Waals surface area contributed by atoms with Crippen LogP contribution in [0.3, 0.4) is 0 Å². The molecule has 2 atom stereocenters. The Hall–Kier alpha value is -1.69. The molecule has 2 N–H and O–H groups in total. The first-order valence-corrected chi connectivity index (χ1v) is 8.25. The first-order chi connectivity index (χ1) is 10.7. The van der Waals surface area contributed by atoms with E-state index in [-0.39, 0.29) is 11.9 Å². The molecule has 6 nitrogen and oxygen atoms in total. The highest BCUT2D eigenvalue weighted by molar-refractivity contribution is 5.86. The van der Waals surface area contributed by atoms with Crippen LogP contribution in [0.4, 0.5) is 5.95 Å². The predicted molar refractivity (Wildman–Crippen MR) is 85.7 cm³/mol. The molecule has 0 bridgehead atoms. The molecule has 2 saturated heterocycles. The van der Waals surface area contributed by atoms with Gasteiger partial charge in [0.1, 0.15) is 0 Å². The Morgan fingerprint density at radius 1 is 1.36 bits per heavy atom. The molecule has 0 spiro atoms. The summed E-state index contributed by atoms with van der Waals surface area (Å²) < 4.78 is 0. The zero-order chi connectivity index (χ0) is 15.4. The molecule has 1 aromatic heterocycles. The maximum absolute atomic E-state index is 12.6. The third-order valence-electron chi connectivity index (χ3n) is 4.71. The van der Waals surface area contributed by atoms with E-state index in [0.29, 0.717) is 0 Å². The van der Waals surface area contributed by atoms with E-state index in [4.69, 9.17) is 0 Å². The van der Waals surface area contributed by atoms with E-state index in [1.165, 1.54) is 0 Å². The number of carbonyl (C=O) groups excluding carboxylic acids is 1. The van der Waals surface area contributed by atoms with Gasteiger partial charge < -0.3 is 15.5 Å². The Morgan fingerprint density at radius 3 is 2.91 bits per heavy atom. The molecule has 1 amide bonds. The molecule has 2 aliphatic rings. The second kappa shape index (κ2) is 6.60. The standard InChI is InChI=1S/C16H25N5O/c1-16(7-2-3-10-19-16)14(22)20-13-6-4-11-21(12-13)15-17-8-5-9-18-15/h5,8-9,13,19H,2-4,6-7,10-12H2,1H3,(H,20,22). The van der Waals surface area contributed by atoms with E-state index in [2.05, 4.69) is 25.5 Å². The van der Waals surface area contributed by atoms with Gasteiger partial charge in [-0.05, 0) is 51.6 Å². The van der Waals surface area contributed by atoms with Gasteiger partial charge in [-0.3, -0.25) is 4.79 Å². The molecule has 0 aliphatic carbocycles. The van der Waals surface area contributed by atoms with Crippen LogP contribution in [0.5, 0.6) is 0 Å². The highest BCUT2D eigenvalue weighted by Gasteiger charge is 2.36. The Morgan fingerprint density at radius 2 is 2.18 bits per heavy atom. The molecule has 2 unspecified atom stereocenters. The number of amides is 1. The van der Waals surface area contributed by atoms with Crippen LogP contribution in [-0.4, -0.2) is 47.1 Å². The van der Waals surface area contributed by atoms with E-state index >= 15 is 0 Å². The quantitative estimate of drug-likeness (QED) is 0.875. The largest absolute Gasteiger partial charge is 0.350 e. The lowest BCUT2D eigenvalue weighted by molar-refractivity contribution is -0.128. The van der Waals surface area contributed by atoms with Gasteiger partial charge in [-0.1, -0.05) is 0 Å².